The minimum Gasteiger partial charge on any atom is -0.360 e. The van der Waals surface area contributed by atoms with Crippen LogP contribution in [0.3, 0.4) is 0 Å². The van der Waals surface area contributed by atoms with Gasteiger partial charge in [0.15, 0.2) is 5.82 Å². The third-order valence-electron chi connectivity index (χ3n) is 3.69. The first kappa shape index (κ1) is 17.7. The number of anilines is 2. The zero-order valence-electron chi connectivity index (χ0n) is 14.2. The quantitative estimate of drug-likeness (QED) is 0.711. The maximum absolute atomic E-state index is 12.4. The van der Waals surface area contributed by atoms with Crippen molar-refractivity contribution in [3.63, 3.8) is 0 Å². The van der Waals surface area contributed by atoms with Crippen LogP contribution < -0.4 is 10.6 Å². The van der Waals surface area contributed by atoms with Gasteiger partial charge in [0, 0.05) is 27.9 Å². The third kappa shape index (κ3) is 4.10. The number of halogens is 1. The van der Waals surface area contributed by atoms with Gasteiger partial charge in [-0.25, -0.2) is 0 Å². The molecule has 1 heterocycles. The van der Waals surface area contributed by atoms with Gasteiger partial charge in [0.1, 0.15) is 5.76 Å². The van der Waals surface area contributed by atoms with Crippen LogP contribution in [0.15, 0.2) is 53.1 Å². The van der Waals surface area contributed by atoms with E-state index in [1.54, 1.807) is 43.3 Å². The topological polar surface area (TPSA) is 84.2 Å². The fourth-order valence-electron chi connectivity index (χ4n) is 2.29. The molecule has 0 atom stereocenters. The lowest BCUT2D eigenvalue weighted by Gasteiger charge is -2.08. The normalized spacial score (nSPS) is 10.4. The molecule has 2 aromatic carbocycles. The van der Waals surface area contributed by atoms with Crippen LogP contribution in [0.1, 0.15) is 32.0 Å². The summed E-state index contributed by atoms with van der Waals surface area (Å²) in [4.78, 5) is 24.7. The number of nitrogens with one attached hydrogen (secondary N) is 2. The fraction of sp³-hybridized carbons (Fsp3) is 0.105. The molecule has 3 rings (SSSR count). The van der Waals surface area contributed by atoms with E-state index in [9.17, 15) is 9.59 Å². The molecule has 3 aromatic rings. The number of aryl methyl sites for hydroxylation is 2. The zero-order chi connectivity index (χ0) is 18.7. The molecule has 0 saturated heterocycles. The lowest BCUT2D eigenvalue weighted by atomic mass is 10.1. The molecule has 0 bridgehead atoms. The minimum atomic E-state index is -0.383. The van der Waals surface area contributed by atoms with E-state index in [-0.39, 0.29) is 11.8 Å². The Bertz CT molecular complexity index is 982. The Hall–Kier alpha value is -3.12. The highest BCUT2D eigenvalue weighted by Crippen LogP contribution is 2.20. The number of carbonyl (C=O) groups excluding carboxylic acids is 2. The van der Waals surface area contributed by atoms with Crippen molar-refractivity contribution < 1.29 is 14.1 Å². The number of hydrogen-bond donors (Lipinski definition) is 2. The maximum Gasteiger partial charge on any atom is 0.256 e. The zero-order valence-corrected chi connectivity index (χ0v) is 14.9. The highest BCUT2D eigenvalue weighted by atomic mass is 35.5. The van der Waals surface area contributed by atoms with Crippen molar-refractivity contribution >= 4 is 34.9 Å². The molecule has 7 heteroatoms. The summed E-state index contributed by atoms with van der Waals surface area (Å²) in [7, 11) is 0. The summed E-state index contributed by atoms with van der Waals surface area (Å²) < 4.78 is 4.91. The molecule has 1 aromatic heterocycles. The van der Waals surface area contributed by atoms with Gasteiger partial charge in [0.05, 0.1) is 0 Å². The molecule has 6 nitrogen and oxygen atoms in total. The molecule has 0 aliphatic carbocycles. The summed E-state index contributed by atoms with van der Waals surface area (Å²) in [6.45, 7) is 3.61. The summed E-state index contributed by atoms with van der Waals surface area (Å²) in [5, 5.41) is 9.66. The number of benzene rings is 2. The van der Waals surface area contributed by atoms with Crippen molar-refractivity contribution in [2.45, 2.75) is 13.8 Å². The van der Waals surface area contributed by atoms with Gasteiger partial charge < -0.3 is 15.2 Å². The average molecular weight is 370 g/mol. The van der Waals surface area contributed by atoms with Gasteiger partial charge in [-0.1, -0.05) is 28.9 Å². The average Bonchev–Trinajstić information content (AvgIpc) is 3.03. The largest absolute Gasteiger partial charge is 0.360 e. The molecule has 0 saturated carbocycles. The first-order valence-corrected chi connectivity index (χ1v) is 8.22. The number of amides is 2. The highest BCUT2D eigenvalue weighted by Gasteiger charge is 2.13. The summed E-state index contributed by atoms with van der Waals surface area (Å²) in [6.07, 6.45) is 0. The molecule has 2 amide bonds. The van der Waals surface area contributed by atoms with Crippen LogP contribution in [0.4, 0.5) is 11.5 Å². The van der Waals surface area contributed by atoms with Crippen molar-refractivity contribution in [2.75, 3.05) is 10.6 Å². The predicted octanol–water partition coefficient (Wildman–Crippen LogP) is 4.45. The van der Waals surface area contributed by atoms with Crippen molar-refractivity contribution in [3.05, 3.63) is 76.0 Å². The van der Waals surface area contributed by atoms with E-state index in [1.165, 1.54) is 6.07 Å². The second-order valence-electron chi connectivity index (χ2n) is 5.78. The number of rotatable bonds is 4. The SMILES string of the molecule is Cc1cc(NC(=O)c2cccc(C(=O)Nc3ccc(C)c(Cl)c3)c2)no1. The Kier molecular flexibility index (Phi) is 5.04. The van der Waals surface area contributed by atoms with E-state index in [2.05, 4.69) is 15.8 Å². The fourth-order valence-corrected chi connectivity index (χ4v) is 2.47. The number of carbonyl (C=O) groups is 2. The molecule has 132 valence electrons. The summed E-state index contributed by atoms with van der Waals surface area (Å²) in [6, 6.07) is 13.3. The Morgan fingerprint density at radius 1 is 0.962 bits per heavy atom. The number of hydrogen-bond acceptors (Lipinski definition) is 4. The van der Waals surface area contributed by atoms with Crippen LogP contribution in [0, 0.1) is 13.8 Å². The Morgan fingerprint density at radius 3 is 2.27 bits per heavy atom. The maximum atomic E-state index is 12.4. The summed E-state index contributed by atoms with van der Waals surface area (Å²) in [5.41, 5.74) is 2.19. The molecular formula is C19H16ClN3O3. The minimum absolute atomic E-state index is 0.316. The molecule has 0 aliphatic rings. The molecule has 0 aliphatic heterocycles. The first-order valence-electron chi connectivity index (χ1n) is 7.84. The van der Waals surface area contributed by atoms with Crippen LogP contribution >= 0.6 is 11.6 Å². The predicted molar refractivity (Wildman–Crippen MR) is 99.8 cm³/mol. The third-order valence-corrected chi connectivity index (χ3v) is 4.09. The van der Waals surface area contributed by atoms with Gasteiger partial charge in [0.2, 0.25) is 0 Å². The van der Waals surface area contributed by atoms with E-state index in [0.717, 1.165) is 5.56 Å². The van der Waals surface area contributed by atoms with E-state index >= 15 is 0 Å². The van der Waals surface area contributed by atoms with Crippen LogP contribution in [-0.2, 0) is 0 Å². The van der Waals surface area contributed by atoms with Crippen LogP contribution in [0.5, 0.6) is 0 Å². The van der Waals surface area contributed by atoms with Crippen molar-refractivity contribution in [1.29, 1.82) is 0 Å². The van der Waals surface area contributed by atoms with E-state index in [1.807, 2.05) is 13.0 Å². The van der Waals surface area contributed by atoms with E-state index in [0.29, 0.717) is 33.4 Å². The number of aromatic nitrogens is 1. The molecule has 0 radical (unpaired) electrons. The Balaban J connectivity index is 1.74. The lowest BCUT2D eigenvalue weighted by Crippen LogP contribution is -2.15. The van der Waals surface area contributed by atoms with Gasteiger partial charge in [-0.3, -0.25) is 9.59 Å². The van der Waals surface area contributed by atoms with Crippen molar-refractivity contribution in [3.8, 4) is 0 Å². The molecule has 0 unspecified atom stereocenters. The van der Waals surface area contributed by atoms with Crippen LogP contribution in [-0.4, -0.2) is 17.0 Å². The monoisotopic (exact) mass is 369 g/mol. The van der Waals surface area contributed by atoms with Crippen LogP contribution in [0.2, 0.25) is 5.02 Å². The first-order chi connectivity index (χ1) is 12.4. The Morgan fingerprint density at radius 2 is 1.65 bits per heavy atom. The highest BCUT2D eigenvalue weighted by molar-refractivity contribution is 6.31. The van der Waals surface area contributed by atoms with Gasteiger partial charge in [-0.15, -0.1) is 0 Å². The van der Waals surface area contributed by atoms with Crippen molar-refractivity contribution in [2.24, 2.45) is 0 Å². The second kappa shape index (κ2) is 7.41. The van der Waals surface area contributed by atoms with Crippen molar-refractivity contribution in [1.82, 2.24) is 5.16 Å². The van der Waals surface area contributed by atoms with Gasteiger partial charge >= 0.3 is 0 Å². The summed E-state index contributed by atoms with van der Waals surface area (Å²) >= 11 is 6.07. The molecule has 26 heavy (non-hydrogen) atoms. The molecule has 0 spiro atoms. The van der Waals surface area contributed by atoms with E-state index < -0.39 is 0 Å². The Labute approximate surface area is 155 Å². The lowest BCUT2D eigenvalue weighted by molar-refractivity contribution is 0.102. The smallest absolute Gasteiger partial charge is 0.256 e. The second-order valence-corrected chi connectivity index (χ2v) is 6.18. The summed E-state index contributed by atoms with van der Waals surface area (Å²) in [5.74, 6) is 0.185. The van der Waals surface area contributed by atoms with Crippen LogP contribution in [0.25, 0.3) is 0 Å². The van der Waals surface area contributed by atoms with Gasteiger partial charge in [-0.05, 0) is 49.7 Å². The van der Waals surface area contributed by atoms with E-state index in [4.69, 9.17) is 16.1 Å². The van der Waals surface area contributed by atoms with Gasteiger partial charge in [-0.2, -0.15) is 0 Å². The standard InChI is InChI=1S/C19H16ClN3O3/c1-11-6-7-15(10-16(11)20)21-18(24)13-4-3-5-14(9-13)19(25)22-17-8-12(2)26-23-17/h3-10H,1-2H3,(H,21,24)(H,22,23,25). The molecule has 0 fully saturated rings. The number of nitrogens with zero attached hydrogens (tertiary/aromatic N) is 1. The molecular weight excluding hydrogens is 354 g/mol. The molecule has 2 N–H and O–H groups in total. The van der Waals surface area contributed by atoms with Gasteiger partial charge in [0.25, 0.3) is 11.8 Å².